The summed E-state index contributed by atoms with van der Waals surface area (Å²) in [5.74, 6) is -2.48. The summed E-state index contributed by atoms with van der Waals surface area (Å²) < 4.78 is 37.4. The van der Waals surface area contributed by atoms with Gasteiger partial charge in [0.1, 0.15) is 10.1 Å². The molecule has 22 heavy (non-hydrogen) atoms. The summed E-state index contributed by atoms with van der Waals surface area (Å²) in [6.07, 6.45) is 0.584. The van der Waals surface area contributed by atoms with Gasteiger partial charge in [0, 0.05) is 0 Å². The molecule has 6 nitrogen and oxygen atoms in total. The molecule has 1 saturated heterocycles. The van der Waals surface area contributed by atoms with E-state index >= 15 is 0 Å². The molecule has 114 valence electrons. The first-order valence-corrected chi connectivity index (χ1v) is 7.98. The van der Waals surface area contributed by atoms with E-state index in [0.29, 0.717) is 12.0 Å². The summed E-state index contributed by atoms with van der Waals surface area (Å²) in [6, 6.07) is 5.43. The van der Waals surface area contributed by atoms with Crippen LogP contribution in [0.15, 0.2) is 29.2 Å². The maximum absolute atomic E-state index is 11.8. The fourth-order valence-corrected chi connectivity index (χ4v) is 3.17. The van der Waals surface area contributed by atoms with Crippen molar-refractivity contribution >= 4 is 22.1 Å². The van der Waals surface area contributed by atoms with Crippen LogP contribution in [0.2, 0.25) is 0 Å². The average molecular weight is 334 g/mol. The molecule has 0 amide bonds. The summed E-state index contributed by atoms with van der Waals surface area (Å²) in [4.78, 5) is 23.0. The molecule has 1 fully saturated rings. The number of hydrogen-bond acceptors (Lipinski definition) is 6. The van der Waals surface area contributed by atoms with Crippen LogP contribution in [0.25, 0.3) is 0 Å². The van der Waals surface area contributed by atoms with Crippen LogP contribution < -0.4 is 29.6 Å². The second-order valence-electron chi connectivity index (χ2n) is 5.09. The molecule has 0 aromatic heterocycles. The zero-order valence-corrected chi connectivity index (χ0v) is 15.4. The number of hydrogen-bond donors (Lipinski definition) is 0. The molecule has 2 rings (SSSR count). The Balaban J connectivity index is 0.00000242. The number of carbonyl (C=O) groups excluding carboxylic acids is 2. The van der Waals surface area contributed by atoms with Gasteiger partial charge in [0.15, 0.2) is 0 Å². The molecule has 3 unspecified atom stereocenters. The van der Waals surface area contributed by atoms with Crippen LogP contribution in [0.5, 0.6) is 0 Å². The minimum atomic E-state index is -4.50. The van der Waals surface area contributed by atoms with Gasteiger partial charge in [0.2, 0.25) is 0 Å². The van der Waals surface area contributed by atoms with Crippen molar-refractivity contribution in [3.8, 4) is 0 Å². The van der Waals surface area contributed by atoms with Crippen LogP contribution in [0.1, 0.15) is 31.7 Å². The van der Waals surface area contributed by atoms with Crippen molar-refractivity contribution in [1.82, 2.24) is 0 Å². The smallest absolute Gasteiger partial charge is 0.744 e. The Labute approximate surface area is 151 Å². The van der Waals surface area contributed by atoms with Crippen LogP contribution in [-0.4, -0.2) is 24.9 Å². The minimum Gasteiger partial charge on any atom is -0.744 e. The van der Waals surface area contributed by atoms with Gasteiger partial charge < -0.3 is 9.29 Å². The van der Waals surface area contributed by atoms with Gasteiger partial charge in [-0.1, -0.05) is 26.0 Å². The third-order valence-electron chi connectivity index (χ3n) is 3.85. The van der Waals surface area contributed by atoms with Crippen LogP contribution in [0.4, 0.5) is 0 Å². The number of ether oxygens (including phenoxy) is 1. The van der Waals surface area contributed by atoms with E-state index in [1.165, 1.54) is 24.3 Å². The van der Waals surface area contributed by atoms with E-state index in [2.05, 4.69) is 4.74 Å². The van der Waals surface area contributed by atoms with Crippen molar-refractivity contribution < 1.29 is 56.9 Å². The number of benzene rings is 1. The quantitative estimate of drug-likeness (QED) is 0.285. The largest absolute Gasteiger partial charge is 1.00 e. The Bertz CT molecular complexity index is 667. The maximum atomic E-state index is 11.8. The monoisotopic (exact) mass is 334 g/mol. The standard InChI is InChI=1S/C14H16O6S.Na/c1-3-11(12-8(2)13(15)20-14(12)16)9-4-6-10(7-5-9)21(17,18)19;/h4-8,11-12H,3H2,1-2H3,(H,17,18,19);/q;+1/p-1. The van der Waals surface area contributed by atoms with Crippen molar-refractivity contribution in [3.05, 3.63) is 29.8 Å². The fraction of sp³-hybridized carbons (Fsp3) is 0.429. The van der Waals surface area contributed by atoms with Gasteiger partial charge in [-0.05, 0) is 30.0 Å². The molecule has 1 heterocycles. The molecule has 0 aliphatic carbocycles. The van der Waals surface area contributed by atoms with Gasteiger partial charge in [0.05, 0.1) is 16.7 Å². The molecular weight excluding hydrogens is 319 g/mol. The molecule has 0 bridgehead atoms. The summed E-state index contributed by atoms with van der Waals surface area (Å²) in [7, 11) is -4.50. The molecule has 0 radical (unpaired) electrons. The Morgan fingerprint density at radius 3 is 2.09 bits per heavy atom. The van der Waals surface area contributed by atoms with E-state index < -0.39 is 33.9 Å². The Morgan fingerprint density at radius 2 is 1.73 bits per heavy atom. The van der Waals surface area contributed by atoms with E-state index in [1.807, 2.05) is 6.92 Å². The first kappa shape index (κ1) is 19.3. The third kappa shape index (κ3) is 3.78. The summed E-state index contributed by atoms with van der Waals surface area (Å²) in [5, 5.41) is 0. The normalized spacial score (nSPS) is 22.9. The van der Waals surface area contributed by atoms with Crippen LogP contribution >= 0.6 is 0 Å². The van der Waals surface area contributed by atoms with Gasteiger partial charge in [-0.15, -0.1) is 0 Å². The predicted octanol–water partition coefficient (Wildman–Crippen LogP) is -1.58. The van der Waals surface area contributed by atoms with Crippen molar-refractivity contribution in [2.45, 2.75) is 31.1 Å². The Morgan fingerprint density at radius 1 is 1.18 bits per heavy atom. The van der Waals surface area contributed by atoms with Gasteiger partial charge >= 0.3 is 41.5 Å². The molecule has 1 aromatic carbocycles. The number of cyclic esters (lactones) is 2. The summed E-state index contributed by atoms with van der Waals surface area (Å²) in [5.41, 5.74) is 0.702. The fourth-order valence-electron chi connectivity index (χ4n) is 2.70. The molecular formula is C14H15NaO6S. The zero-order chi connectivity index (χ0) is 15.8. The molecule has 3 atom stereocenters. The van der Waals surface area contributed by atoms with E-state index in [9.17, 15) is 22.6 Å². The van der Waals surface area contributed by atoms with Crippen LogP contribution in [-0.2, 0) is 24.4 Å². The van der Waals surface area contributed by atoms with Crippen molar-refractivity contribution in [3.63, 3.8) is 0 Å². The third-order valence-corrected chi connectivity index (χ3v) is 4.70. The first-order valence-electron chi connectivity index (χ1n) is 6.57. The van der Waals surface area contributed by atoms with Gasteiger partial charge in [-0.25, -0.2) is 8.42 Å². The SMILES string of the molecule is CCC(c1ccc(S(=O)(=O)[O-])cc1)C1C(=O)OC(=O)C1C.[Na+]. The van der Waals surface area contributed by atoms with E-state index in [-0.39, 0.29) is 40.4 Å². The van der Waals surface area contributed by atoms with Gasteiger partial charge in [-0.2, -0.15) is 0 Å². The second kappa shape index (κ2) is 7.23. The van der Waals surface area contributed by atoms with Gasteiger partial charge in [-0.3, -0.25) is 9.59 Å². The minimum absolute atomic E-state index is 0. The van der Waals surface area contributed by atoms with Crippen molar-refractivity contribution in [2.75, 3.05) is 0 Å². The zero-order valence-electron chi connectivity index (χ0n) is 12.6. The number of esters is 2. The molecule has 1 aliphatic rings. The van der Waals surface area contributed by atoms with E-state index in [0.717, 1.165) is 0 Å². The summed E-state index contributed by atoms with van der Waals surface area (Å²) >= 11 is 0. The van der Waals surface area contributed by atoms with Crippen LogP contribution in [0, 0.1) is 11.8 Å². The topological polar surface area (TPSA) is 101 Å². The maximum Gasteiger partial charge on any atom is 1.00 e. The summed E-state index contributed by atoms with van der Waals surface area (Å²) in [6.45, 7) is 3.50. The molecule has 0 saturated carbocycles. The van der Waals surface area contributed by atoms with Crippen molar-refractivity contribution in [1.29, 1.82) is 0 Å². The van der Waals surface area contributed by atoms with E-state index in [4.69, 9.17) is 0 Å². The molecule has 1 aliphatic heterocycles. The molecule has 0 spiro atoms. The second-order valence-corrected chi connectivity index (χ2v) is 6.47. The Hall–Kier alpha value is -0.730. The van der Waals surface area contributed by atoms with Crippen LogP contribution in [0.3, 0.4) is 0 Å². The average Bonchev–Trinajstić information content (AvgIpc) is 2.66. The van der Waals surface area contributed by atoms with Crippen molar-refractivity contribution in [2.24, 2.45) is 11.8 Å². The van der Waals surface area contributed by atoms with E-state index in [1.54, 1.807) is 6.92 Å². The predicted molar refractivity (Wildman–Crippen MR) is 71.2 cm³/mol. The number of rotatable bonds is 4. The molecule has 8 heteroatoms. The number of carbonyl (C=O) groups is 2. The molecule has 0 N–H and O–H groups in total. The van der Waals surface area contributed by atoms with Gasteiger partial charge in [0.25, 0.3) is 0 Å². The Kier molecular flexibility index (Phi) is 6.35. The molecule has 1 aromatic rings. The first-order chi connectivity index (χ1) is 9.75.